The van der Waals surface area contributed by atoms with Crippen molar-refractivity contribution in [3.63, 3.8) is 0 Å². The number of halogens is 1. The van der Waals surface area contributed by atoms with Crippen molar-refractivity contribution in [2.75, 3.05) is 12.0 Å². The zero-order valence-electron chi connectivity index (χ0n) is 17.9. The van der Waals surface area contributed by atoms with E-state index in [4.69, 9.17) is 4.74 Å². The largest absolute Gasteiger partial charge is 0.506 e. The third-order valence-electron chi connectivity index (χ3n) is 5.68. The van der Waals surface area contributed by atoms with Crippen molar-refractivity contribution in [1.82, 2.24) is 19.8 Å². The Morgan fingerprint density at radius 1 is 1.19 bits per heavy atom. The summed E-state index contributed by atoms with van der Waals surface area (Å²) in [7, 11) is 1.51. The summed E-state index contributed by atoms with van der Waals surface area (Å²) in [6.07, 6.45) is 4.51. The number of phenolic OH excluding ortho intramolecular Hbond substituents is 1. The topological polar surface area (TPSA) is 102 Å². The van der Waals surface area contributed by atoms with Gasteiger partial charge in [-0.2, -0.15) is 4.68 Å². The number of aromatic nitrogens is 4. The van der Waals surface area contributed by atoms with E-state index in [1.807, 2.05) is 19.1 Å². The van der Waals surface area contributed by atoms with Crippen LogP contribution in [0.15, 0.2) is 41.2 Å². The lowest BCUT2D eigenvalue weighted by atomic mass is 9.93. The van der Waals surface area contributed by atoms with Gasteiger partial charge >= 0.3 is 11.7 Å². The van der Waals surface area contributed by atoms with E-state index in [1.54, 1.807) is 6.07 Å². The number of para-hydroxylation sites is 1. The van der Waals surface area contributed by atoms with Crippen molar-refractivity contribution >= 4 is 11.7 Å². The van der Waals surface area contributed by atoms with E-state index in [-0.39, 0.29) is 6.04 Å². The Bertz CT molecular complexity index is 1180. The molecule has 10 heteroatoms. The second-order valence-electron chi connectivity index (χ2n) is 7.81. The molecule has 168 valence electrons. The first-order valence-corrected chi connectivity index (χ1v) is 10.4. The number of carbonyl (C=O) groups excluding carboxylic acids is 1. The zero-order chi connectivity index (χ0) is 22.8. The Labute approximate surface area is 183 Å². The molecular formula is C22H24FN5O4. The molecule has 32 heavy (non-hydrogen) atoms. The van der Waals surface area contributed by atoms with Gasteiger partial charge in [0, 0.05) is 6.04 Å². The third kappa shape index (κ3) is 3.83. The van der Waals surface area contributed by atoms with Crippen LogP contribution in [0.1, 0.15) is 37.7 Å². The van der Waals surface area contributed by atoms with Gasteiger partial charge in [-0.3, -0.25) is 4.90 Å². The van der Waals surface area contributed by atoms with Crippen LogP contribution in [0.2, 0.25) is 0 Å². The Balaban J connectivity index is 1.82. The highest BCUT2D eigenvalue weighted by Crippen LogP contribution is 2.35. The van der Waals surface area contributed by atoms with Gasteiger partial charge in [0.25, 0.3) is 0 Å². The summed E-state index contributed by atoms with van der Waals surface area (Å²) in [5, 5.41) is 17.4. The second-order valence-corrected chi connectivity index (χ2v) is 7.81. The SMILES string of the molecule is COc1ccc(C)cc1N(C(=O)n1nnn(-c2c(O)cccc2F)c1=O)C1CCCCC1. The molecule has 0 saturated heterocycles. The molecule has 1 N–H and O–H groups in total. The van der Waals surface area contributed by atoms with Gasteiger partial charge in [-0.05, 0) is 60.0 Å². The van der Waals surface area contributed by atoms with Crippen molar-refractivity contribution in [2.45, 2.75) is 45.1 Å². The quantitative estimate of drug-likeness (QED) is 0.623. The molecule has 1 amide bonds. The fourth-order valence-electron chi connectivity index (χ4n) is 4.11. The first-order chi connectivity index (χ1) is 15.4. The molecule has 1 aliphatic carbocycles. The molecule has 1 fully saturated rings. The number of ether oxygens (including phenoxy) is 1. The van der Waals surface area contributed by atoms with E-state index < -0.39 is 29.0 Å². The van der Waals surface area contributed by atoms with E-state index >= 15 is 0 Å². The summed E-state index contributed by atoms with van der Waals surface area (Å²) in [6, 6.07) is 8.18. The van der Waals surface area contributed by atoms with Crippen molar-refractivity contribution in [3.05, 3.63) is 58.3 Å². The van der Waals surface area contributed by atoms with E-state index in [0.29, 0.717) is 20.8 Å². The first-order valence-electron chi connectivity index (χ1n) is 10.4. The van der Waals surface area contributed by atoms with Crippen LogP contribution in [-0.2, 0) is 0 Å². The van der Waals surface area contributed by atoms with Gasteiger partial charge in [0.2, 0.25) is 0 Å². The van der Waals surface area contributed by atoms with Crippen LogP contribution in [0.5, 0.6) is 11.5 Å². The van der Waals surface area contributed by atoms with Gasteiger partial charge < -0.3 is 9.84 Å². The Morgan fingerprint density at radius 3 is 2.62 bits per heavy atom. The van der Waals surface area contributed by atoms with E-state index in [2.05, 4.69) is 10.4 Å². The van der Waals surface area contributed by atoms with Gasteiger partial charge in [-0.25, -0.2) is 14.0 Å². The summed E-state index contributed by atoms with van der Waals surface area (Å²) >= 11 is 0. The molecule has 1 saturated carbocycles. The monoisotopic (exact) mass is 441 g/mol. The van der Waals surface area contributed by atoms with Gasteiger partial charge in [-0.15, -0.1) is 4.68 Å². The Morgan fingerprint density at radius 2 is 1.94 bits per heavy atom. The van der Waals surface area contributed by atoms with Gasteiger partial charge in [-0.1, -0.05) is 31.4 Å². The molecule has 2 aromatic carbocycles. The lowest BCUT2D eigenvalue weighted by molar-refractivity contribution is 0.238. The molecule has 0 aliphatic heterocycles. The molecule has 3 aromatic rings. The lowest BCUT2D eigenvalue weighted by Crippen LogP contribution is -2.47. The number of hydrogen-bond acceptors (Lipinski definition) is 6. The second kappa shape index (κ2) is 8.81. The molecule has 1 aliphatic rings. The van der Waals surface area contributed by atoms with Gasteiger partial charge in [0.15, 0.2) is 5.82 Å². The standard InChI is InChI=1S/C22H24FN5O4/c1-14-11-12-19(32-2)17(13-14)26(15-7-4-3-5-8-15)21(30)28-22(31)27(24-25-28)20-16(23)9-6-10-18(20)29/h6,9-13,15,29H,3-5,7-8H2,1-2H3. The Kier molecular flexibility index (Phi) is 5.93. The minimum absolute atomic E-state index is 0.161. The Hall–Kier alpha value is -3.69. The van der Waals surface area contributed by atoms with Crippen molar-refractivity contribution in [2.24, 2.45) is 0 Å². The lowest BCUT2D eigenvalue weighted by Gasteiger charge is -2.34. The van der Waals surface area contributed by atoms with Crippen LogP contribution in [0.4, 0.5) is 14.9 Å². The fourth-order valence-corrected chi connectivity index (χ4v) is 4.11. The van der Waals surface area contributed by atoms with Crippen LogP contribution < -0.4 is 15.3 Å². The number of nitrogens with zero attached hydrogens (tertiary/aromatic N) is 5. The third-order valence-corrected chi connectivity index (χ3v) is 5.68. The van der Waals surface area contributed by atoms with Crippen LogP contribution in [-0.4, -0.2) is 44.1 Å². The van der Waals surface area contributed by atoms with Crippen molar-refractivity contribution in [3.8, 4) is 17.2 Å². The number of carbonyl (C=O) groups is 1. The maximum absolute atomic E-state index is 14.3. The molecule has 0 radical (unpaired) electrons. The number of amides is 1. The molecule has 0 spiro atoms. The summed E-state index contributed by atoms with van der Waals surface area (Å²) in [5.74, 6) is -0.867. The van der Waals surface area contributed by atoms with Gasteiger partial charge in [0.1, 0.15) is 17.2 Å². The number of aromatic hydroxyl groups is 1. The van der Waals surface area contributed by atoms with E-state index in [1.165, 1.54) is 24.1 Å². The predicted octanol–water partition coefficient (Wildman–Crippen LogP) is 3.40. The van der Waals surface area contributed by atoms with Crippen LogP contribution >= 0.6 is 0 Å². The zero-order valence-corrected chi connectivity index (χ0v) is 17.9. The molecule has 0 unspecified atom stereocenters. The normalized spacial score (nSPS) is 14.3. The molecule has 9 nitrogen and oxygen atoms in total. The number of phenols is 1. The summed E-state index contributed by atoms with van der Waals surface area (Å²) in [6.45, 7) is 1.90. The fraction of sp³-hybridized carbons (Fsp3) is 0.364. The van der Waals surface area contributed by atoms with E-state index in [9.17, 15) is 19.1 Å². The molecule has 0 atom stereocenters. The van der Waals surface area contributed by atoms with Gasteiger partial charge in [0.05, 0.1) is 12.8 Å². The van der Waals surface area contributed by atoms with E-state index in [0.717, 1.165) is 43.7 Å². The highest BCUT2D eigenvalue weighted by Gasteiger charge is 2.33. The first kappa shape index (κ1) is 21.5. The van der Waals surface area contributed by atoms with Crippen LogP contribution in [0.3, 0.4) is 0 Å². The number of aryl methyl sites for hydroxylation is 1. The predicted molar refractivity (Wildman–Crippen MR) is 115 cm³/mol. The minimum Gasteiger partial charge on any atom is -0.506 e. The van der Waals surface area contributed by atoms with Crippen molar-refractivity contribution < 1.29 is 19.0 Å². The summed E-state index contributed by atoms with van der Waals surface area (Å²) in [4.78, 5) is 28.1. The maximum Gasteiger partial charge on any atom is 0.377 e. The smallest absolute Gasteiger partial charge is 0.377 e. The number of hydrogen-bond donors (Lipinski definition) is 1. The number of tetrazole rings is 1. The molecule has 4 rings (SSSR count). The highest BCUT2D eigenvalue weighted by molar-refractivity contribution is 5.95. The molecular weight excluding hydrogens is 417 g/mol. The van der Waals surface area contributed by atoms with Crippen LogP contribution in [0.25, 0.3) is 5.69 Å². The summed E-state index contributed by atoms with van der Waals surface area (Å²) in [5.41, 5.74) is -0.00184. The minimum atomic E-state index is -0.983. The number of rotatable bonds is 4. The number of methoxy groups -OCH3 is 1. The average Bonchev–Trinajstić information content (AvgIpc) is 3.16. The average molecular weight is 441 g/mol. The van der Waals surface area contributed by atoms with Crippen molar-refractivity contribution in [1.29, 1.82) is 0 Å². The summed E-state index contributed by atoms with van der Waals surface area (Å²) < 4.78 is 20.9. The number of anilines is 1. The molecule has 0 bridgehead atoms. The molecule has 1 heterocycles. The highest BCUT2D eigenvalue weighted by atomic mass is 19.1. The molecule has 1 aromatic heterocycles. The number of benzene rings is 2. The maximum atomic E-state index is 14.3. The van der Waals surface area contributed by atoms with Crippen LogP contribution in [0, 0.1) is 12.7 Å².